The van der Waals surface area contributed by atoms with Crippen LogP contribution in [0.3, 0.4) is 0 Å². The average Bonchev–Trinajstić information content (AvgIpc) is 2.33. The molecule has 10 heteroatoms. The lowest BCUT2D eigenvalue weighted by molar-refractivity contribution is -0.143. The molecule has 0 aliphatic carbocycles. The highest BCUT2D eigenvalue weighted by Gasteiger charge is 2.40. The van der Waals surface area contributed by atoms with Gasteiger partial charge in [0.25, 0.3) is 0 Å². The van der Waals surface area contributed by atoms with Crippen molar-refractivity contribution >= 4 is 12.4 Å². The summed E-state index contributed by atoms with van der Waals surface area (Å²) in [5.41, 5.74) is 7.09. The summed E-state index contributed by atoms with van der Waals surface area (Å²) in [6.45, 7) is -0.370. The van der Waals surface area contributed by atoms with Gasteiger partial charge in [-0.05, 0) is 12.1 Å². The third-order valence-corrected chi connectivity index (χ3v) is 2.62. The van der Waals surface area contributed by atoms with E-state index < -0.39 is 40.8 Å². The number of alkyl halides is 6. The van der Waals surface area contributed by atoms with Gasteiger partial charge < -0.3 is 16.2 Å². The van der Waals surface area contributed by atoms with Crippen molar-refractivity contribution in [3.8, 4) is 5.75 Å². The van der Waals surface area contributed by atoms with Gasteiger partial charge in [0.1, 0.15) is 5.75 Å². The van der Waals surface area contributed by atoms with E-state index in [0.29, 0.717) is 6.07 Å². The van der Waals surface area contributed by atoms with Crippen molar-refractivity contribution in [3.05, 3.63) is 28.8 Å². The maximum absolute atomic E-state index is 12.9. The molecule has 1 aromatic carbocycles. The van der Waals surface area contributed by atoms with Gasteiger partial charge in [-0.2, -0.15) is 26.3 Å². The Hall–Kier alpha value is -1.19. The molecule has 0 spiro atoms. The number of halogens is 7. The molecule has 1 atom stereocenters. The summed E-state index contributed by atoms with van der Waals surface area (Å²) in [4.78, 5) is 0. The summed E-state index contributed by atoms with van der Waals surface area (Å²) in [5, 5.41) is 0. The summed E-state index contributed by atoms with van der Waals surface area (Å²) in [7, 11) is 0.961. The predicted molar refractivity (Wildman–Crippen MR) is 66.2 cm³/mol. The summed E-state index contributed by atoms with van der Waals surface area (Å²) in [5.74, 6) is -0.592. The lowest BCUT2D eigenvalue weighted by Gasteiger charge is -2.22. The first-order valence-electron chi connectivity index (χ1n) is 5.34. The second-order valence-corrected chi connectivity index (χ2v) is 3.98. The Kier molecular flexibility index (Phi) is 6.33. The van der Waals surface area contributed by atoms with Crippen LogP contribution in [-0.4, -0.2) is 13.7 Å². The molecule has 0 amide bonds. The quantitative estimate of drug-likeness (QED) is 0.832. The van der Waals surface area contributed by atoms with Crippen LogP contribution in [0.2, 0.25) is 0 Å². The molecule has 0 aliphatic rings. The van der Waals surface area contributed by atoms with Gasteiger partial charge in [0, 0.05) is 18.2 Å². The average molecular weight is 339 g/mol. The maximum Gasteiger partial charge on any atom is 0.416 e. The highest BCUT2D eigenvalue weighted by atomic mass is 35.5. The highest BCUT2D eigenvalue weighted by molar-refractivity contribution is 5.85. The van der Waals surface area contributed by atoms with Gasteiger partial charge in [0.15, 0.2) is 0 Å². The second-order valence-electron chi connectivity index (χ2n) is 3.98. The van der Waals surface area contributed by atoms with Gasteiger partial charge in [0.2, 0.25) is 0 Å². The van der Waals surface area contributed by atoms with Crippen molar-refractivity contribution in [2.45, 2.75) is 18.4 Å². The maximum atomic E-state index is 12.9. The smallest absolute Gasteiger partial charge is 0.416 e. The third-order valence-electron chi connectivity index (χ3n) is 2.62. The molecule has 122 valence electrons. The molecule has 0 saturated carbocycles. The van der Waals surface area contributed by atoms with E-state index in [1.807, 2.05) is 0 Å². The largest absolute Gasteiger partial charge is 0.496 e. The van der Waals surface area contributed by atoms with Gasteiger partial charge in [-0.15, -0.1) is 12.4 Å². The lowest BCUT2D eigenvalue weighted by atomic mass is 9.96. The van der Waals surface area contributed by atoms with E-state index in [9.17, 15) is 26.3 Å². The molecule has 1 aromatic rings. The highest BCUT2D eigenvalue weighted by Crippen LogP contribution is 2.43. The van der Waals surface area contributed by atoms with Crippen LogP contribution in [0.1, 0.15) is 22.7 Å². The van der Waals surface area contributed by atoms with Crippen molar-refractivity contribution < 1.29 is 31.1 Å². The minimum atomic E-state index is -5.00. The molecule has 0 heterocycles. The number of ether oxygens (including phenoxy) is 1. The van der Waals surface area contributed by atoms with E-state index >= 15 is 0 Å². The number of nitrogens with two attached hydrogens (primary N) is 2. The molecule has 0 aliphatic heterocycles. The second kappa shape index (κ2) is 6.71. The van der Waals surface area contributed by atoms with Gasteiger partial charge in [0.05, 0.1) is 18.2 Å². The van der Waals surface area contributed by atoms with E-state index in [0.717, 1.165) is 7.11 Å². The normalized spacial score (nSPS) is 13.6. The SMILES string of the molecule is COc1cc(C(F)(F)F)cc(C(F)(F)F)c1[C@H](N)CN.Cl. The monoisotopic (exact) mass is 338 g/mol. The standard InChI is InChI=1S/C11H12F6N2O.ClH/c1-20-8-3-5(10(12,13)14)2-6(11(15,16)17)9(8)7(19)4-18;/h2-3,7H,4,18-19H2,1H3;1H/t7-;/m1./s1. The molecule has 0 aromatic heterocycles. The van der Waals surface area contributed by atoms with E-state index in [-0.39, 0.29) is 25.0 Å². The molecule has 0 unspecified atom stereocenters. The van der Waals surface area contributed by atoms with E-state index in [1.54, 1.807) is 0 Å². The zero-order chi connectivity index (χ0) is 15.7. The third kappa shape index (κ3) is 4.39. The Morgan fingerprint density at radius 2 is 1.62 bits per heavy atom. The van der Waals surface area contributed by atoms with Crippen molar-refractivity contribution in [2.24, 2.45) is 11.5 Å². The van der Waals surface area contributed by atoms with Crippen LogP contribution in [0, 0.1) is 0 Å². The molecular formula is C11H13ClF6N2O. The van der Waals surface area contributed by atoms with Crippen molar-refractivity contribution in [1.82, 2.24) is 0 Å². The topological polar surface area (TPSA) is 61.3 Å². The number of methoxy groups -OCH3 is 1. The van der Waals surface area contributed by atoms with Crippen LogP contribution in [0.5, 0.6) is 5.75 Å². The molecule has 0 radical (unpaired) electrons. The van der Waals surface area contributed by atoms with Crippen LogP contribution in [-0.2, 0) is 12.4 Å². The fourth-order valence-electron chi connectivity index (χ4n) is 1.69. The summed E-state index contributed by atoms with van der Waals surface area (Å²) < 4.78 is 81.2. The van der Waals surface area contributed by atoms with E-state index in [1.165, 1.54) is 0 Å². The Labute approximate surface area is 122 Å². The van der Waals surface area contributed by atoms with Gasteiger partial charge in [-0.3, -0.25) is 0 Å². The Morgan fingerprint density at radius 1 is 1.10 bits per heavy atom. The first-order valence-corrected chi connectivity index (χ1v) is 5.34. The van der Waals surface area contributed by atoms with E-state index in [2.05, 4.69) is 4.74 Å². The van der Waals surface area contributed by atoms with Crippen LogP contribution < -0.4 is 16.2 Å². The molecule has 3 nitrogen and oxygen atoms in total. The molecule has 0 bridgehead atoms. The molecule has 0 saturated heterocycles. The molecule has 4 N–H and O–H groups in total. The molecular weight excluding hydrogens is 326 g/mol. The fraction of sp³-hybridized carbons (Fsp3) is 0.455. The van der Waals surface area contributed by atoms with Crippen molar-refractivity contribution in [3.63, 3.8) is 0 Å². The predicted octanol–water partition coefficient (Wildman–Crippen LogP) is 3.11. The first-order chi connectivity index (χ1) is 9.02. The first kappa shape index (κ1) is 19.8. The summed E-state index contributed by atoms with van der Waals surface area (Å²) >= 11 is 0. The number of rotatable bonds is 3. The van der Waals surface area contributed by atoms with Crippen molar-refractivity contribution in [2.75, 3.05) is 13.7 Å². The van der Waals surface area contributed by atoms with Gasteiger partial charge in [-0.1, -0.05) is 0 Å². The minimum absolute atomic E-state index is 0. The lowest BCUT2D eigenvalue weighted by Crippen LogP contribution is -2.26. The number of benzene rings is 1. The zero-order valence-corrected chi connectivity index (χ0v) is 11.5. The Bertz CT molecular complexity index is 489. The summed E-state index contributed by atoms with van der Waals surface area (Å²) in [6, 6.07) is -0.808. The number of hydrogen-bond acceptors (Lipinski definition) is 3. The van der Waals surface area contributed by atoms with Crippen LogP contribution in [0.15, 0.2) is 12.1 Å². The molecule has 0 fully saturated rings. The zero-order valence-electron chi connectivity index (χ0n) is 10.7. The van der Waals surface area contributed by atoms with Crippen molar-refractivity contribution in [1.29, 1.82) is 0 Å². The Balaban J connectivity index is 0.00000400. The summed E-state index contributed by atoms with van der Waals surface area (Å²) in [6.07, 6.45) is -9.94. The van der Waals surface area contributed by atoms with Gasteiger partial charge >= 0.3 is 12.4 Å². The van der Waals surface area contributed by atoms with Crippen LogP contribution >= 0.6 is 12.4 Å². The van der Waals surface area contributed by atoms with E-state index in [4.69, 9.17) is 11.5 Å². The van der Waals surface area contributed by atoms with Crippen LogP contribution in [0.4, 0.5) is 26.3 Å². The number of hydrogen-bond donors (Lipinski definition) is 2. The van der Waals surface area contributed by atoms with Gasteiger partial charge in [-0.25, -0.2) is 0 Å². The fourth-order valence-corrected chi connectivity index (χ4v) is 1.69. The minimum Gasteiger partial charge on any atom is -0.496 e. The molecule has 1 rings (SSSR count). The van der Waals surface area contributed by atoms with Crippen LogP contribution in [0.25, 0.3) is 0 Å². The Morgan fingerprint density at radius 3 is 1.95 bits per heavy atom. The molecule has 21 heavy (non-hydrogen) atoms.